The summed E-state index contributed by atoms with van der Waals surface area (Å²) < 4.78 is 10.7. The lowest BCUT2D eigenvalue weighted by Gasteiger charge is -2.17. The quantitative estimate of drug-likeness (QED) is 0.819. The molecule has 1 N–H and O–H groups in total. The molecule has 1 fully saturated rings. The van der Waals surface area contributed by atoms with Gasteiger partial charge in [-0.25, -0.2) is 4.90 Å². The Morgan fingerprint density at radius 2 is 1.84 bits per heavy atom. The highest BCUT2D eigenvalue weighted by Gasteiger charge is 2.39. The number of nitrogens with zero attached hydrogens (tertiary/aromatic N) is 1. The molecule has 0 bridgehead atoms. The van der Waals surface area contributed by atoms with Gasteiger partial charge in [0.25, 0.3) is 5.91 Å². The molecule has 25 heavy (non-hydrogen) atoms. The molecule has 0 aliphatic carbocycles. The van der Waals surface area contributed by atoms with Crippen LogP contribution in [0.5, 0.6) is 11.5 Å². The Balaban J connectivity index is 1.78. The number of nitrogens with one attached hydrogen (secondary N) is 1. The normalized spacial score (nSPS) is 16.9. The van der Waals surface area contributed by atoms with E-state index < -0.39 is 6.04 Å². The van der Waals surface area contributed by atoms with Gasteiger partial charge >= 0.3 is 0 Å². The Morgan fingerprint density at radius 3 is 2.52 bits per heavy atom. The lowest BCUT2D eigenvalue weighted by molar-refractivity contribution is -0.121. The first-order valence-corrected chi connectivity index (χ1v) is 8.13. The number of amides is 2. The van der Waals surface area contributed by atoms with E-state index in [1.54, 1.807) is 37.4 Å². The third kappa shape index (κ3) is 3.42. The highest BCUT2D eigenvalue weighted by Crippen LogP contribution is 2.29. The first kappa shape index (κ1) is 16.8. The molecule has 2 aromatic rings. The predicted octanol–water partition coefficient (Wildman–Crippen LogP) is 2.84. The summed E-state index contributed by atoms with van der Waals surface area (Å²) in [6.07, 6.45) is 0.101. The molecule has 3 rings (SSSR count). The monoisotopic (exact) mass is 340 g/mol. The second kappa shape index (κ2) is 7.25. The van der Waals surface area contributed by atoms with Crippen LogP contribution in [0.1, 0.15) is 13.3 Å². The first-order valence-electron chi connectivity index (χ1n) is 8.13. The maximum Gasteiger partial charge on any atom is 0.256 e. The smallest absolute Gasteiger partial charge is 0.256 e. The number of rotatable bonds is 6. The van der Waals surface area contributed by atoms with Gasteiger partial charge in [-0.05, 0) is 43.3 Å². The van der Waals surface area contributed by atoms with Gasteiger partial charge in [-0.3, -0.25) is 9.59 Å². The highest BCUT2D eigenvalue weighted by atomic mass is 16.5. The number of para-hydroxylation sites is 2. The molecule has 6 heteroatoms. The third-order valence-electron chi connectivity index (χ3n) is 3.99. The zero-order valence-corrected chi connectivity index (χ0v) is 14.2. The summed E-state index contributed by atoms with van der Waals surface area (Å²) in [5.74, 6) is 0.818. The molecule has 0 spiro atoms. The Morgan fingerprint density at radius 1 is 1.12 bits per heavy atom. The van der Waals surface area contributed by atoms with E-state index in [-0.39, 0.29) is 18.2 Å². The molecule has 2 aromatic carbocycles. The van der Waals surface area contributed by atoms with Crippen LogP contribution in [0.2, 0.25) is 0 Å². The summed E-state index contributed by atoms with van der Waals surface area (Å²) in [5.41, 5.74) is 1.23. The van der Waals surface area contributed by atoms with Gasteiger partial charge in [-0.2, -0.15) is 0 Å². The van der Waals surface area contributed by atoms with Gasteiger partial charge < -0.3 is 14.8 Å². The topological polar surface area (TPSA) is 67.9 Å². The van der Waals surface area contributed by atoms with Crippen molar-refractivity contribution in [2.24, 2.45) is 0 Å². The van der Waals surface area contributed by atoms with Gasteiger partial charge in [0.2, 0.25) is 5.91 Å². The van der Waals surface area contributed by atoms with Crippen molar-refractivity contribution >= 4 is 23.2 Å². The second-order valence-corrected chi connectivity index (χ2v) is 5.60. The molecule has 1 saturated heterocycles. The van der Waals surface area contributed by atoms with Gasteiger partial charge in [-0.1, -0.05) is 12.1 Å². The predicted molar refractivity (Wildman–Crippen MR) is 95.1 cm³/mol. The molecular weight excluding hydrogens is 320 g/mol. The van der Waals surface area contributed by atoms with E-state index in [1.165, 1.54) is 4.90 Å². The van der Waals surface area contributed by atoms with Crippen LogP contribution < -0.4 is 19.7 Å². The molecule has 1 aliphatic rings. The lowest BCUT2D eigenvalue weighted by Crippen LogP contribution is -2.34. The average molecular weight is 340 g/mol. The largest absolute Gasteiger partial charge is 0.495 e. The second-order valence-electron chi connectivity index (χ2n) is 5.60. The summed E-state index contributed by atoms with van der Waals surface area (Å²) >= 11 is 0. The molecule has 2 amide bonds. The number of ether oxygens (including phenoxy) is 2. The zero-order valence-electron chi connectivity index (χ0n) is 14.2. The van der Waals surface area contributed by atoms with Crippen LogP contribution in [-0.4, -0.2) is 31.6 Å². The Kier molecular flexibility index (Phi) is 4.88. The SMILES string of the molecule is CCOc1ccc(N2C(=O)C[C@@H](Nc3ccccc3OC)C2=O)cc1. The number of carbonyl (C=O) groups excluding carboxylic acids is 2. The van der Waals surface area contributed by atoms with Crippen molar-refractivity contribution in [2.45, 2.75) is 19.4 Å². The molecule has 130 valence electrons. The molecule has 0 unspecified atom stereocenters. The summed E-state index contributed by atoms with van der Waals surface area (Å²) in [4.78, 5) is 26.3. The van der Waals surface area contributed by atoms with Crippen molar-refractivity contribution < 1.29 is 19.1 Å². The van der Waals surface area contributed by atoms with Crippen molar-refractivity contribution in [1.29, 1.82) is 0 Å². The zero-order chi connectivity index (χ0) is 17.8. The molecule has 1 heterocycles. The van der Waals surface area contributed by atoms with Crippen LogP contribution in [-0.2, 0) is 9.59 Å². The van der Waals surface area contributed by atoms with Gasteiger partial charge in [0, 0.05) is 0 Å². The minimum atomic E-state index is -0.615. The summed E-state index contributed by atoms with van der Waals surface area (Å²) in [6.45, 7) is 2.46. The molecule has 0 saturated carbocycles. The molecule has 0 aromatic heterocycles. The number of carbonyl (C=O) groups is 2. The first-order chi connectivity index (χ1) is 12.1. The maximum absolute atomic E-state index is 12.7. The Labute approximate surface area is 146 Å². The molecule has 1 aliphatic heterocycles. The summed E-state index contributed by atoms with van der Waals surface area (Å²) in [7, 11) is 1.56. The average Bonchev–Trinajstić information content (AvgIpc) is 2.90. The standard InChI is InChI=1S/C19H20N2O4/c1-3-25-14-10-8-13(9-11-14)21-18(22)12-16(19(21)23)20-15-6-4-5-7-17(15)24-2/h4-11,16,20H,3,12H2,1-2H3/t16-/m1/s1. The fraction of sp³-hybridized carbons (Fsp3) is 0.263. The summed E-state index contributed by atoms with van der Waals surface area (Å²) in [5, 5.41) is 3.11. The Hall–Kier alpha value is -3.02. The van der Waals surface area contributed by atoms with E-state index in [9.17, 15) is 9.59 Å². The maximum atomic E-state index is 12.7. The molecular formula is C19H20N2O4. The third-order valence-corrected chi connectivity index (χ3v) is 3.99. The van der Waals surface area contributed by atoms with Gasteiger partial charge in [-0.15, -0.1) is 0 Å². The van der Waals surface area contributed by atoms with Crippen LogP contribution in [0.3, 0.4) is 0 Å². The molecule has 0 radical (unpaired) electrons. The molecule has 6 nitrogen and oxygen atoms in total. The van der Waals surface area contributed by atoms with Crippen LogP contribution in [0.25, 0.3) is 0 Å². The highest BCUT2D eigenvalue weighted by molar-refractivity contribution is 6.23. The Bertz CT molecular complexity index is 773. The van der Waals surface area contributed by atoms with Crippen LogP contribution in [0, 0.1) is 0 Å². The lowest BCUT2D eigenvalue weighted by atomic mass is 10.2. The van der Waals surface area contributed by atoms with Crippen molar-refractivity contribution in [2.75, 3.05) is 23.9 Å². The number of hydrogen-bond acceptors (Lipinski definition) is 5. The van der Waals surface area contributed by atoms with Crippen molar-refractivity contribution in [3.8, 4) is 11.5 Å². The fourth-order valence-corrected chi connectivity index (χ4v) is 2.83. The number of benzene rings is 2. The van der Waals surface area contributed by atoms with E-state index >= 15 is 0 Å². The number of anilines is 2. The number of imide groups is 1. The van der Waals surface area contributed by atoms with Crippen molar-refractivity contribution in [1.82, 2.24) is 0 Å². The van der Waals surface area contributed by atoms with Crippen LogP contribution in [0.15, 0.2) is 48.5 Å². The van der Waals surface area contributed by atoms with E-state index in [0.29, 0.717) is 29.5 Å². The van der Waals surface area contributed by atoms with Crippen LogP contribution >= 0.6 is 0 Å². The van der Waals surface area contributed by atoms with E-state index in [4.69, 9.17) is 9.47 Å². The minimum Gasteiger partial charge on any atom is -0.495 e. The number of methoxy groups -OCH3 is 1. The van der Waals surface area contributed by atoms with Crippen molar-refractivity contribution in [3.63, 3.8) is 0 Å². The van der Waals surface area contributed by atoms with Crippen molar-refractivity contribution in [3.05, 3.63) is 48.5 Å². The van der Waals surface area contributed by atoms with E-state index in [2.05, 4.69) is 5.32 Å². The van der Waals surface area contributed by atoms with Gasteiger partial charge in [0.15, 0.2) is 0 Å². The number of hydrogen-bond donors (Lipinski definition) is 1. The minimum absolute atomic E-state index is 0.101. The van der Waals surface area contributed by atoms with E-state index in [1.807, 2.05) is 25.1 Å². The van der Waals surface area contributed by atoms with Gasteiger partial charge in [0.05, 0.1) is 31.5 Å². The fourth-order valence-electron chi connectivity index (χ4n) is 2.83. The van der Waals surface area contributed by atoms with Crippen LogP contribution in [0.4, 0.5) is 11.4 Å². The summed E-state index contributed by atoms with van der Waals surface area (Å²) in [6, 6.07) is 13.6. The van der Waals surface area contributed by atoms with Gasteiger partial charge in [0.1, 0.15) is 17.5 Å². The molecule has 1 atom stereocenters. The van der Waals surface area contributed by atoms with E-state index in [0.717, 1.165) is 0 Å².